The van der Waals surface area contributed by atoms with Gasteiger partial charge in [-0.2, -0.15) is 0 Å². The van der Waals surface area contributed by atoms with Gasteiger partial charge in [0.2, 0.25) is 0 Å². The van der Waals surface area contributed by atoms with Gasteiger partial charge in [-0.1, -0.05) is 18.2 Å². The Hall–Kier alpha value is -2.60. The maximum absolute atomic E-state index is 11.8. The molecular weight excluding hydrogens is 382 g/mol. The van der Waals surface area contributed by atoms with E-state index in [4.69, 9.17) is 17.0 Å². The predicted octanol–water partition coefficient (Wildman–Crippen LogP) is 4.82. The zero-order valence-corrected chi connectivity index (χ0v) is 18.1. The van der Waals surface area contributed by atoms with Gasteiger partial charge in [0.15, 0.2) is 5.11 Å². The van der Waals surface area contributed by atoms with Gasteiger partial charge < -0.3 is 20.3 Å². The molecule has 0 radical (unpaired) electrons. The number of rotatable bonds is 5. The minimum absolute atomic E-state index is 0.0644. The van der Waals surface area contributed by atoms with Crippen LogP contribution in [0.1, 0.15) is 53.7 Å². The van der Waals surface area contributed by atoms with Crippen molar-refractivity contribution in [1.29, 1.82) is 0 Å². The largest absolute Gasteiger partial charge is 0.465 e. The number of benzene rings is 2. The molecule has 0 amide bonds. The molecule has 0 aromatic heterocycles. The van der Waals surface area contributed by atoms with Crippen molar-refractivity contribution >= 4 is 34.7 Å². The Morgan fingerprint density at radius 2 is 1.79 bits per heavy atom. The number of thiocarbonyl (C=S) groups is 1. The third kappa shape index (κ3) is 5.48. The lowest BCUT2D eigenvalue weighted by molar-refractivity contribution is 0.0601. The maximum Gasteiger partial charge on any atom is 0.337 e. The van der Waals surface area contributed by atoms with Gasteiger partial charge in [0.1, 0.15) is 0 Å². The molecule has 1 saturated heterocycles. The monoisotopic (exact) mass is 411 g/mol. The zero-order chi connectivity index (χ0) is 20.8. The molecule has 29 heavy (non-hydrogen) atoms. The molecule has 154 valence electrons. The van der Waals surface area contributed by atoms with E-state index in [1.54, 1.807) is 12.1 Å². The van der Waals surface area contributed by atoms with E-state index in [9.17, 15) is 4.79 Å². The second-order valence-electron chi connectivity index (χ2n) is 7.48. The number of ether oxygens (including phenoxy) is 1. The number of methoxy groups -OCH3 is 1. The molecule has 0 aliphatic carbocycles. The first-order valence-corrected chi connectivity index (χ1v) is 10.5. The standard InChI is InChI=1S/C23H29N3O2S/c1-16-7-8-19(22(27)28-3)15-21(16)25-23(29)24-17(2)18-9-11-20(12-10-18)26-13-5-4-6-14-26/h7-12,15,17H,4-6,13-14H2,1-3H3,(H2,24,25,29)/t17-/m0/s1. The molecule has 1 aliphatic heterocycles. The van der Waals surface area contributed by atoms with Crippen LogP contribution in [-0.2, 0) is 4.74 Å². The molecule has 3 rings (SSSR count). The number of esters is 1. The van der Waals surface area contributed by atoms with E-state index in [0.717, 1.165) is 24.3 Å². The molecule has 0 saturated carbocycles. The molecule has 1 aliphatic rings. The Kier molecular flexibility index (Phi) is 7.09. The number of anilines is 2. The molecule has 6 heteroatoms. The van der Waals surface area contributed by atoms with Gasteiger partial charge in [0.25, 0.3) is 0 Å². The molecule has 1 atom stereocenters. The molecule has 2 aromatic carbocycles. The number of piperidine rings is 1. The van der Waals surface area contributed by atoms with Crippen molar-refractivity contribution in [2.75, 3.05) is 30.4 Å². The van der Waals surface area contributed by atoms with E-state index in [1.807, 2.05) is 13.0 Å². The summed E-state index contributed by atoms with van der Waals surface area (Å²) in [6, 6.07) is 14.1. The van der Waals surface area contributed by atoms with Crippen LogP contribution in [0.15, 0.2) is 42.5 Å². The van der Waals surface area contributed by atoms with Crippen LogP contribution >= 0.6 is 12.2 Å². The lowest BCUT2D eigenvalue weighted by Gasteiger charge is -2.29. The Morgan fingerprint density at radius 1 is 1.10 bits per heavy atom. The van der Waals surface area contributed by atoms with Crippen molar-refractivity contribution in [3.63, 3.8) is 0 Å². The number of nitrogens with one attached hydrogen (secondary N) is 2. The first-order valence-electron chi connectivity index (χ1n) is 10.1. The van der Waals surface area contributed by atoms with Crippen molar-refractivity contribution in [3.05, 3.63) is 59.2 Å². The Balaban J connectivity index is 1.61. The van der Waals surface area contributed by atoms with Crippen LogP contribution < -0.4 is 15.5 Å². The van der Waals surface area contributed by atoms with Crippen LogP contribution in [0.5, 0.6) is 0 Å². The summed E-state index contributed by atoms with van der Waals surface area (Å²) in [4.78, 5) is 14.2. The lowest BCUT2D eigenvalue weighted by Crippen LogP contribution is -2.31. The van der Waals surface area contributed by atoms with E-state index >= 15 is 0 Å². The van der Waals surface area contributed by atoms with E-state index < -0.39 is 0 Å². The molecule has 0 spiro atoms. The third-order valence-electron chi connectivity index (χ3n) is 5.37. The van der Waals surface area contributed by atoms with Gasteiger partial charge in [-0.3, -0.25) is 0 Å². The molecule has 1 fully saturated rings. The van der Waals surface area contributed by atoms with Crippen LogP contribution in [0.4, 0.5) is 11.4 Å². The second kappa shape index (κ2) is 9.74. The zero-order valence-electron chi connectivity index (χ0n) is 17.3. The molecule has 2 aromatic rings. The summed E-state index contributed by atoms with van der Waals surface area (Å²) in [6.07, 6.45) is 3.88. The smallest absolute Gasteiger partial charge is 0.337 e. The van der Waals surface area contributed by atoms with E-state index in [2.05, 4.69) is 46.7 Å². The number of nitrogens with zero attached hydrogens (tertiary/aromatic N) is 1. The van der Waals surface area contributed by atoms with Crippen molar-refractivity contribution < 1.29 is 9.53 Å². The minimum atomic E-state index is -0.367. The number of aryl methyl sites for hydroxylation is 1. The highest BCUT2D eigenvalue weighted by Crippen LogP contribution is 2.23. The van der Waals surface area contributed by atoms with Crippen molar-refractivity contribution in [2.24, 2.45) is 0 Å². The summed E-state index contributed by atoms with van der Waals surface area (Å²) in [5.41, 5.74) is 4.75. The summed E-state index contributed by atoms with van der Waals surface area (Å²) >= 11 is 5.49. The molecule has 0 bridgehead atoms. The van der Waals surface area contributed by atoms with Crippen molar-refractivity contribution in [1.82, 2.24) is 5.32 Å². The van der Waals surface area contributed by atoms with E-state index in [1.165, 1.54) is 37.6 Å². The summed E-state index contributed by atoms with van der Waals surface area (Å²) in [5, 5.41) is 7.04. The van der Waals surface area contributed by atoms with E-state index in [-0.39, 0.29) is 12.0 Å². The average Bonchev–Trinajstić information content (AvgIpc) is 2.75. The van der Waals surface area contributed by atoms with Gasteiger partial charge in [-0.25, -0.2) is 4.79 Å². The fourth-order valence-corrected chi connectivity index (χ4v) is 3.85. The van der Waals surface area contributed by atoms with Gasteiger partial charge in [0.05, 0.1) is 18.7 Å². The topological polar surface area (TPSA) is 53.6 Å². The average molecular weight is 412 g/mol. The first-order chi connectivity index (χ1) is 14.0. The number of hydrogen-bond donors (Lipinski definition) is 2. The number of carbonyl (C=O) groups is 1. The van der Waals surface area contributed by atoms with Crippen molar-refractivity contribution in [2.45, 2.75) is 39.2 Å². The molecule has 0 unspecified atom stereocenters. The lowest BCUT2D eigenvalue weighted by atomic mass is 10.1. The summed E-state index contributed by atoms with van der Waals surface area (Å²) in [6.45, 7) is 6.34. The highest BCUT2D eigenvalue weighted by molar-refractivity contribution is 7.80. The quantitative estimate of drug-likeness (QED) is 0.543. The molecule has 5 nitrogen and oxygen atoms in total. The minimum Gasteiger partial charge on any atom is -0.465 e. The maximum atomic E-state index is 11.8. The van der Waals surface area contributed by atoms with Crippen molar-refractivity contribution in [3.8, 4) is 0 Å². The van der Waals surface area contributed by atoms with E-state index in [0.29, 0.717) is 10.7 Å². The first kappa shape index (κ1) is 21.1. The normalized spacial score (nSPS) is 14.8. The van der Waals surface area contributed by atoms with Crippen LogP contribution in [0, 0.1) is 6.92 Å². The predicted molar refractivity (Wildman–Crippen MR) is 123 cm³/mol. The number of carbonyl (C=O) groups excluding carboxylic acids is 1. The van der Waals surface area contributed by atoms with Gasteiger partial charge in [0, 0.05) is 24.5 Å². The number of hydrogen-bond acceptors (Lipinski definition) is 4. The Labute approximate surface area is 178 Å². The SMILES string of the molecule is COC(=O)c1ccc(C)c(NC(=S)N[C@@H](C)c2ccc(N3CCCCC3)cc2)c1. The van der Waals surface area contributed by atoms with Gasteiger partial charge >= 0.3 is 5.97 Å². The Bertz CT molecular complexity index is 861. The van der Waals surface area contributed by atoms with Crippen LogP contribution in [0.3, 0.4) is 0 Å². The van der Waals surface area contributed by atoms with Crippen LogP contribution in [0.2, 0.25) is 0 Å². The summed E-state index contributed by atoms with van der Waals surface area (Å²) < 4.78 is 4.79. The molecular formula is C23H29N3O2S. The fraction of sp³-hybridized carbons (Fsp3) is 0.391. The van der Waals surface area contributed by atoms with Crippen LogP contribution in [0.25, 0.3) is 0 Å². The Morgan fingerprint density at radius 3 is 2.45 bits per heavy atom. The molecule has 1 heterocycles. The van der Waals surface area contributed by atoms with Gasteiger partial charge in [-0.15, -0.1) is 0 Å². The van der Waals surface area contributed by atoms with Gasteiger partial charge in [-0.05, 0) is 80.7 Å². The fourth-order valence-electron chi connectivity index (χ4n) is 3.57. The highest BCUT2D eigenvalue weighted by atomic mass is 32.1. The van der Waals surface area contributed by atoms with Crippen LogP contribution in [-0.4, -0.2) is 31.3 Å². The molecule has 2 N–H and O–H groups in total. The summed E-state index contributed by atoms with van der Waals surface area (Å²) in [5.74, 6) is -0.367. The summed E-state index contributed by atoms with van der Waals surface area (Å²) in [7, 11) is 1.37. The second-order valence-corrected chi connectivity index (χ2v) is 7.89. The third-order valence-corrected chi connectivity index (χ3v) is 5.59. The highest BCUT2D eigenvalue weighted by Gasteiger charge is 2.13.